The summed E-state index contributed by atoms with van der Waals surface area (Å²) >= 11 is 4.19. The van der Waals surface area contributed by atoms with Gasteiger partial charge < -0.3 is 65.1 Å². The molecule has 45 heteroatoms. The van der Waals surface area contributed by atoms with Crippen LogP contribution in [0.4, 0.5) is 11.4 Å². The van der Waals surface area contributed by atoms with Crippen molar-refractivity contribution in [3.05, 3.63) is 79.7 Å². The van der Waals surface area contributed by atoms with Crippen LogP contribution in [-0.2, 0) is 93.8 Å². The quantitative estimate of drug-likeness (QED) is 0.00846. The maximum absolute atomic E-state index is 14.6. The lowest BCUT2D eigenvalue weighted by Gasteiger charge is -2.37. The largest absolute Gasteiger partial charge is 0.524 e. The van der Waals surface area contributed by atoms with Gasteiger partial charge in [-0.1, -0.05) is 107 Å². The third-order valence-electron chi connectivity index (χ3n) is 26.4. The molecule has 0 saturated carbocycles. The Morgan fingerprint density at radius 2 is 0.915 bits per heavy atom. The van der Waals surface area contributed by atoms with E-state index in [1.807, 2.05) is 79.3 Å². The van der Waals surface area contributed by atoms with E-state index in [0.29, 0.717) is 43.2 Å². The highest BCUT2D eigenvalue weighted by Crippen LogP contribution is 2.45. The molecule has 3 saturated heterocycles. The predicted molar refractivity (Wildman–Crippen MR) is 535 cm³/mol. The third kappa shape index (κ3) is 37.2. The van der Waals surface area contributed by atoms with Gasteiger partial charge in [0.2, 0.25) is 41.4 Å². The first-order valence-electron chi connectivity index (χ1n) is 48.3. The number of carboxylic acid groups (broad SMARTS) is 2. The molecule has 4 unspecified atom stereocenters. The minimum atomic E-state index is -5.31. The topological polar surface area (TPSA) is 551 Å². The minimum absolute atomic E-state index is 0.0138. The van der Waals surface area contributed by atoms with Gasteiger partial charge >= 0.3 is 39.5 Å². The van der Waals surface area contributed by atoms with Gasteiger partial charge in [-0.3, -0.25) is 106 Å². The highest BCUT2D eigenvalue weighted by molar-refractivity contribution is 8.04. The van der Waals surface area contributed by atoms with Crippen LogP contribution >= 0.6 is 61.8 Å². The van der Waals surface area contributed by atoms with Crippen LogP contribution in [0.15, 0.2) is 47.2 Å². The maximum Gasteiger partial charge on any atom is 0.524 e. The van der Waals surface area contributed by atoms with Crippen molar-refractivity contribution < 1.29 is 129 Å². The van der Waals surface area contributed by atoms with Crippen molar-refractivity contribution in [2.75, 3.05) is 77.0 Å². The number of esters is 2. The monoisotopic (exact) mass is 2090 g/mol. The predicted octanol–water partition coefficient (Wildman–Crippen LogP) is 12.2. The van der Waals surface area contributed by atoms with E-state index in [1.165, 1.54) is 81.9 Å². The van der Waals surface area contributed by atoms with E-state index < -0.39 is 157 Å². The summed E-state index contributed by atoms with van der Waals surface area (Å²) in [5.41, 5.74) is -0.0524. The number of carboxylic acids is 2. The van der Waals surface area contributed by atoms with Crippen molar-refractivity contribution in [3.8, 4) is 11.5 Å². The summed E-state index contributed by atoms with van der Waals surface area (Å²) in [6, 6.07) is 4.18. The van der Waals surface area contributed by atoms with Crippen LogP contribution in [0.2, 0.25) is 0 Å². The number of rotatable bonds is 59. The number of imide groups is 1. The van der Waals surface area contributed by atoms with E-state index in [0.717, 1.165) is 89.9 Å². The molecule has 3 fully saturated rings. The highest BCUT2D eigenvalue weighted by atomic mass is 32.2. The van der Waals surface area contributed by atoms with Crippen molar-refractivity contribution in [1.82, 2.24) is 50.4 Å². The van der Waals surface area contributed by atoms with E-state index in [4.69, 9.17) is 18.5 Å². The van der Waals surface area contributed by atoms with Crippen LogP contribution < -0.4 is 35.6 Å². The maximum atomic E-state index is 14.6. The molecule has 9 amide bonds. The van der Waals surface area contributed by atoms with Gasteiger partial charge in [-0.05, 0) is 175 Å². The Labute approximate surface area is 841 Å². The minimum Gasteiger partial charge on any atom is -0.481 e. The number of likely N-dealkylation sites (N-methyl/N-ethyl adjacent to an activating group) is 2. The first kappa shape index (κ1) is 119. The normalized spacial score (nSPS) is 18.6. The number of unbranched alkanes of at least 4 members (excludes halogenated alkanes) is 1. The van der Waals surface area contributed by atoms with E-state index in [2.05, 4.69) is 36.6 Å². The van der Waals surface area contributed by atoms with Gasteiger partial charge in [0, 0.05) is 133 Å². The number of likely N-dealkylation sites (tertiary alicyclic amines) is 3. The van der Waals surface area contributed by atoms with Gasteiger partial charge in [0.25, 0.3) is 11.8 Å². The van der Waals surface area contributed by atoms with Crippen molar-refractivity contribution in [1.29, 1.82) is 0 Å². The van der Waals surface area contributed by atoms with Crippen molar-refractivity contribution >= 4 is 162 Å². The van der Waals surface area contributed by atoms with E-state index in [9.17, 15) is 111 Å². The number of Topliss-reactive ketones (excluding diaryl/α,β-unsaturated/α-hetero) is 2. The molecule has 4 aromatic rings. The number of hydrogen-bond acceptors (Lipinski definition) is 29. The summed E-state index contributed by atoms with van der Waals surface area (Å²) in [7, 11) is -1.95. The average molecular weight is 2090 g/mol. The molecule has 784 valence electrons. The molecule has 16 atom stereocenters. The molecular weight excluding hydrogens is 1940 g/mol. The molecule has 0 aliphatic carbocycles. The standard InChI is InChI=1S/C96H144N12O27P2S4/c1-18-56(7)66(48-76(111)72-28-20-23-37-104(72)14)91(118)106(16)74(54(3)4)50-80(132-60(11)109)89-102-70(52-140-89)87(116)98-64(42-58(9)95(122)123)44-62-33-35-78(134-136(126,127)128)68(46-62)100-83(114)31-26-40-138-85-86(94(121)108(93(85)120)39-25-22-30-82(113)97-13)139-41-27-32-84(115)101-69-47-63(34-36-79(69)135-137(129,130)131)45-65(43-59(10)96(124)125)99-88(117)71-53-141-90(103-71)81(133-61(12)110)51-75(55(5)6)107(17)92(119)67(57(8)19-2)49-77(112)73-29-21-24-38-105(73)15/h33-36,46-47,52-59,64-67,72-75,80-81,85-86H,18-32,37-45,48-51H2,1-17H3,(H,97,113)(H,98,116)(H,99,117)(H,100,114)(H,101,115)(H,122,123)(H,124,125)(H2,126,127,128)(H2,129,130,131)/t56-,57-,58?,59?,64+,65+,66-,67-,72+,73+,74+,75+,80+,81+,85?,86?/m0/s1. The Hall–Kier alpha value is -9.13. The van der Waals surface area contributed by atoms with E-state index in [1.54, 1.807) is 23.9 Å². The molecule has 2 aromatic heterocycles. The summed E-state index contributed by atoms with van der Waals surface area (Å²) in [5.74, 6) is -13.1. The Balaban J connectivity index is 1.02. The summed E-state index contributed by atoms with van der Waals surface area (Å²) in [6.07, 6.45) is 4.40. The molecule has 7 rings (SSSR count). The SMILES string of the molecule is CC[C@H](C)[C@H](CC(=O)[C@H]1CCCCN1C)C(=O)N(C)[C@H](C[C@@H](OC(C)=O)c1nc(C(=O)N[C@@H](Cc2ccc(OP(=O)(O)O)c(NC(=O)CCCSC3C(=O)N(CCCCC(=O)NC)C(=O)C3SCCCC(=O)Nc3cc(C[C@@H](CC(C)C(=O)O)NC(=O)c4csc([C@@H](C[C@H](C(C)C)N(C)C(=O)[C@@H](CC(=O)[C@H]5CCCCN5C)[C@@H](C)CC)OC(C)=O)n4)ccc3OP(=O)(O)O)c2)CC(C)C(=O)O)cs1)C(C)C. The number of nitrogens with one attached hydrogen (secondary N) is 5. The average Bonchev–Trinajstić information content (AvgIpc) is 1.33. The second-order valence-electron chi connectivity index (χ2n) is 38.0. The second kappa shape index (κ2) is 56.4. The number of aliphatic carboxylic acids is 2. The van der Waals surface area contributed by atoms with Gasteiger partial charge in [0.1, 0.15) is 31.9 Å². The molecule has 11 N–H and O–H groups in total. The Morgan fingerprint density at radius 3 is 1.25 bits per heavy atom. The van der Waals surface area contributed by atoms with E-state index >= 15 is 0 Å². The number of carbonyl (C=O) groups is 15. The van der Waals surface area contributed by atoms with Crippen LogP contribution in [-0.4, -0.2) is 266 Å². The van der Waals surface area contributed by atoms with E-state index in [-0.39, 0.29) is 206 Å². The number of benzene rings is 2. The molecule has 3 aliphatic heterocycles. The molecule has 5 heterocycles. The number of nitrogens with zero attached hydrogens (tertiary/aromatic N) is 7. The summed E-state index contributed by atoms with van der Waals surface area (Å²) < 4.78 is 46.5. The smallest absolute Gasteiger partial charge is 0.481 e. The molecule has 0 spiro atoms. The number of piperidine rings is 2. The first-order valence-corrected chi connectivity index (χ1v) is 55.2. The number of amides is 9. The fourth-order valence-corrected chi connectivity index (χ4v) is 23.2. The number of aromatic nitrogens is 2. The number of ether oxygens (including phenoxy) is 2. The van der Waals surface area contributed by atoms with Gasteiger partial charge in [-0.2, -0.15) is 0 Å². The van der Waals surface area contributed by atoms with Crippen molar-refractivity contribution in [2.24, 2.45) is 47.3 Å². The zero-order valence-electron chi connectivity index (χ0n) is 83.7. The van der Waals surface area contributed by atoms with Crippen LogP contribution in [0, 0.1) is 47.3 Å². The molecule has 2 aromatic carbocycles. The first-order chi connectivity index (χ1) is 66.3. The lowest BCUT2D eigenvalue weighted by Crippen LogP contribution is -2.48. The summed E-state index contributed by atoms with van der Waals surface area (Å²) in [4.78, 5) is 263. The fraction of sp³-hybridized carbons (Fsp3) is 0.656. The highest BCUT2D eigenvalue weighted by Gasteiger charge is 2.49. The van der Waals surface area contributed by atoms with Crippen LogP contribution in [0.5, 0.6) is 11.5 Å². The molecule has 39 nitrogen and oxygen atoms in total. The van der Waals surface area contributed by atoms with Crippen LogP contribution in [0.1, 0.15) is 272 Å². The number of hydrogen-bond donors (Lipinski definition) is 11. The molecule has 0 radical (unpaired) electrons. The Morgan fingerprint density at radius 1 is 0.539 bits per heavy atom. The summed E-state index contributed by atoms with van der Waals surface area (Å²) in [6.45, 7) is 22.3. The van der Waals surface area contributed by atoms with Gasteiger partial charge in [-0.15, -0.1) is 46.2 Å². The number of phosphoric acid groups is 2. The number of anilines is 2. The van der Waals surface area contributed by atoms with Crippen LogP contribution in [0.25, 0.3) is 0 Å². The molecule has 0 bridgehead atoms. The lowest BCUT2D eigenvalue weighted by molar-refractivity contribution is -0.150. The summed E-state index contributed by atoms with van der Waals surface area (Å²) in [5, 5.41) is 35.0. The molecular formula is C96H144N12O27P2S4. The zero-order valence-corrected chi connectivity index (χ0v) is 88.8. The number of thioether (sulfide) groups is 2. The van der Waals surface area contributed by atoms with Gasteiger partial charge in [0.15, 0.2) is 35.3 Å². The number of carbonyl (C=O) groups excluding carboxylic acids is 13. The Kier molecular flexibility index (Phi) is 47.5. The molecule has 141 heavy (non-hydrogen) atoms. The third-order valence-corrected chi connectivity index (χ3v) is 32.0. The van der Waals surface area contributed by atoms with Crippen molar-refractivity contribution in [3.63, 3.8) is 0 Å². The van der Waals surface area contributed by atoms with Gasteiger partial charge in [-0.25, -0.2) is 19.1 Å². The number of ketones is 2. The van der Waals surface area contributed by atoms with Gasteiger partial charge in [0.05, 0.1) is 35.3 Å². The fourth-order valence-electron chi connectivity index (χ4n) is 18.0. The lowest BCUT2D eigenvalue weighted by atomic mass is 9.83. The zero-order chi connectivity index (χ0) is 105. The Bertz CT molecular complexity index is 4800. The number of thiazole rings is 2. The second-order valence-corrected chi connectivity index (χ2v) is 44.6. The van der Waals surface area contributed by atoms with Crippen molar-refractivity contribution in [2.45, 2.75) is 290 Å². The van der Waals surface area contributed by atoms with Crippen LogP contribution in [0.3, 0.4) is 0 Å². The number of phosphoric ester groups is 2. The molecule has 3 aliphatic rings.